The molecule has 1 atom stereocenters. The number of hydrogen-bond donors (Lipinski definition) is 2. The summed E-state index contributed by atoms with van der Waals surface area (Å²) in [5.74, 6) is 0. The third kappa shape index (κ3) is 2.77. The Hall–Kier alpha value is -1.06. The molecule has 1 heterocycles. The topological polar surface area (TPSA) is 35.5 Å². The fourth-order valence-electron chi connectivity index (χ4n) is 3.23. The second kappa shape index (κ2) is 5.51. The molecule has 104 valence electrons. The monoisotopic (exact) mass is 260 g/mol. The van der Waals surface area contributed by atoms with Gasteiger partial charge in [0.05, 0.1) is 0 Å². The van der Waals surface area contributed by atoms with E-state index in [1.54, 1.807) is 0 Å². The van der Waals surface area contributed by atoms with Gasteiger partial charge in [-0.15, -0.1) is 0 Å². The summed E-state index contributed by atoms with van der Waals surface area (Å²) < 4.78 is 0. The molecule has 3 heteroatoms. The smallest absolute Gasteiger partial charge is 0.0499 e. The van der Waals surface area contributed by atoms with Crippen LogP contribution in [-0.4, -0.2) is 37.4 Å². The van der Waals surface area contributed by atoms with Crippen LogP contribution in [0.2, 0.25) is 0 Å². The zero-order valence-electron chi connectivity index (χ0n) is 11.5. The first-order chi connectivity index (χ1) is 9.31. The lowest BCUT2D eigenvalue weighted by molar-refractivity contribution is 0.0426. The van der Waals surface area contributed by atoms with Crippen LogP contribution in [0.15, 0.2) is 30.3 Å². The maximum absolute atomic E-state index is 9.49. The minimum absolute atomic E-state index is 0.195. The quantitative estimate of drug-likeness (QED) is 0.850. The van der Waals surface area contributed by atoms with Gasteiger partial charge in [0.25, 0.3) is 0 Å². The molecule has 0 spiro atoms. The van der Waals surface area contributed by atoms with Crippen molar-refractivity contribution in [3.05, 3.63) is 30.3 Å². The average molecular weight is 260 g/mol. The summed E-state index contributed by atoms with van der Waals surface area (Å²) in [6, 6.07) is 11.2. The second-order valence-corrected chi connectivity index (χ2v) is 6.16. The lowest BCUT2D eigenvalue weighted by atomic mass is 9.69. The Kier molecular flexibility index (Phi) is 3.76. The van der Waals surface area contributed by atoms with E-state index < -0.39 is 0 Å². The molecule has 2 aliphatic rings. The molecule has 1 aromatic rings. The predicted molar refractivity (Wildman–Crippen MR) is 78.4 cm³/mol. The van der Waals surface area contributed by atoms with Crippen LogP contribution in [0.4, 0.5) is 5.69 Å². The SMILES string of the molecule is OCC1(CNC2CCN(c3ccccc3)C2)CCC1. The minimum atomic E-state index is 0.195. The molecule has 1 saturated carbocycles. The van der Waals surface area contributed by atoms with Gasteiger partial charge in [-0.05, 0) is 31.4 Å². The van der Waals surface area contributed by atoms with E-state index in [-0.39, 0.29) is 5.41 Å². The molecule has 0 aromatic heterocycles. The zero-order chi connectivity index (χ0) is 13.1. The van der Waals surface area contributed by atoms with E-state index >= 15 is 0 Å². The number of benzene rings is 1. The van der Waals surface area contributed by atoms with Crippen molar-refractivity contribution in [3.63, 3.8) is 0 Å². The Morgan fingerprint density at radius 3 is 2.68 bits per heavy atom. The third-order valence-electron chi connectivity index (χ3n) is 4.82. The highest BCUT2D eigenvalue weighted by atomic mass is 16.3. The molecule has 1 aliphatic carbocycles. The van der Waals surface area contributed by atoms with E-state index in [2.05, 4.69) is 40.5 Å². The highest BCUT2D eigenvalue weighted by molar-refractivity contribution is 5.47. The Morgan fingerprint density at radius 1 is 1.26 bits per heavy atom. The van der Waals surface area contributed by atoms with Crippen LogP contribution in [0.3, 0.4) is 0 Å². The molecule has 3 nitrogen and oxygen atoms in total. The van der Waals surface area contributed by atoms with Gasteiger partial charge in [-0.3, -0.25) is 0 Å². The van der Waals surface area contributed by atoms with Crippen molar-refractivity contribution in [3.8, 4) is 0 Å². The summed E-state index contributed by atoms with van der Waals surface area (Å²) >= 11 is 0. The summed E-state index contributed by atoms with van der Waals surface area (Å²) in [6.07, 6.45) is 4.86. The van der Waals surface area contributed by atoms with Gasteiger partial charge in [-0.1, -0.05) is 24.6 Å². The highest BCUT2D eigenvalue weighted by Gasteiger charge is 2.37. The van der Waals surface area contributed by atoms with Gasteiger partial charge in [-0.25, -0.2) is 0 Å². The molecular formula is C16H24N2O. The van der Waals surface area contributed by atoms with E-state index in [4.69, 9.17) is 0 Å². The van der Waals surface area contributed by atoms with Crippen LogP contribution in [0.1, 0.15) is 25.7 Å². The highest BCUT2D eigenvalue weighted by Crippen LogP contribution is 2.39. The van der Waals surface area contributed by atoms with E-state index in [0.717, 1.165) is 19.6 Å². The summed E-state index contributed by atoms with van der Waals surface area (Å²) in [6.45, 7) is 3.55. The summed E-state index contributed by atoms with van der Waals surface area (Å²) in [7, 11) is 0. The molecule has 0 bridgehead atoms. The van der Waals surface area contributed by atoms with Crippen molar-refractivity contribution in [2.45, 2.75) is 31.7 Å². The molecule has 2 fully saturated rings. The van der Waals surface area contributed by atoms with Gasteiger partial charge in [-0.2, -0.15) is 0 Å². The van der Waals surface area contributed by atoms with Crippen molar-refractivity contribution < 1.29 is 5.11 Å². The van der Waals surface area contributed by atoms with Crippen LogP contribution >= 0.6 is 0 Å². The molecule has 1 unspecified atom stereocenters. The summed E-state index contributed by atoms with van der Waals surface area (Å²) in [4.78, 5) is 2.45. The molecule has 2 N–H and O–H groups in total. The average Bonchev–Trinajstić information content (AvgIpc) is 2.88. The van der Waals surface area contributed by atoms with E-state index in [1.165, 1.54) is 31.4 Å². The Labute approximate surface area is 115 Å². The van der Waals surface area contributed by atoms with Crippen LogP contribution in [0.25, 0.3) is 0 Å². The summed E-state index contributed by atoms with van der Waals surface area (Å²) in [5, 5.41) is 13.2. The number of para-hydroxylation sites is 1. The molecule has 0 radical (unpaired) electrons. The Bertz CT molecular complexity index is 397. The Balaban J connectivity index is 1.50. The number of aliphatic hydroxyl groups excluding tert-OH is 1. The summed E-state index contributed by atoms with van der Waals surface area (Å²) in [5.41, 5.74) is 1.52. The van der Waals surface area contributed by atoms with Gasteiger partial charge < -0.3 is 15.3 Å². The second-order valence-electron chi connectivity index (χ2n) is 6.16. The lowest BCUT2D eigenvalue weighted by Crippen LogP contribution is -2.46. The third-order valence-corrected chi connectivity index (χ3v) is 4.82. The van der Waals surface area contributed by atoms with Crippen molar-refractivity contribution in [1.29, 1.82) is 0 Å². The molecule has 19 heavy (non-hydrogen) atoms. The van der Waals surface area contributed by atoms with Crippen molar-refractivity contribution in [1.82, 2.24) is 5.32 Å². The largest absolute Gasteiger partial charge is 0.396 e. The number of rotatable bonds is 5. The van der Waals surface area contributed by atoms with Gasteiger partial charge in [0.15, 0.2) is 0 Å². The van der Waals surface area contributed by atoms with Gasteiger partial charge in [0.2, 0.25) is 0 Å². The van der Waals surface area contributed by atoms with Gasteiger partial charge in [0.1, 0.15) is 0 Å². The number of nitrogens with one attached hydrogen (secondary N) is 1. The lowest BCUT2D eigenvalue weighted by Gasteiger charge is -2.41. The van der Waals surface area contributed by atoms with Crippen LogP contribution in [-0.2, 0) is 0 Å². The van der Waals surface area contributed by atoms with Crippen LogP contribution in [0.5, 0.6) is 0 Å². The fourth-order valence-corrected chi connectivity index (χ4v) is 3.23. The number of hydrogen-bond acceptors (Lipinski definition) is 3. The molecular weight excluding hydrogens is 236 g/mol. The van der Waals surface area contributed by atoms with Crippen molar-refractivity contribution in [2.75, 3.05) is 31.1 Å². The molecule has 1 saturated heterocycles. The predicted octanol–water partition coefficient (Wildman–Crippen LogP) is 2.02. The van der Waals surface area contributed by atoms with E-state index in [9.17, 15) is 5.11 Å². The molecule has 1 aliphatic heterocycles. The first kappa shape index (κ1) is 12.9. The molecule has 1 aromatic carbocycles. The van der Waals surface area contributed by atoms with Crippen molar-refractivity contribution in [2.24, 2.45) is 5.41 Å². The van der Waals surface area contributed by atoms with Crippen molar-refractivity contribution >= 4 is 5.69 Å². The first-order valence-electron chi connectivity index (χ1n) is 7.46. The normalized spacial score (nSPS) is 25.3. The number of aliphatic hydroxyl groups is 1. The Morgan fingerprint density at radius 2 is 2.05 bits per heavy atom. The molecule has 0 amide bonds. The first-order valence-corrected chi connectivity index (χ1v) is 7.46. The standard InChI is InChI=1S/C16H24N2O/c19-13-16(8-4-9-16)12-17-14-7-10-18(11-14)15-5-2-1-3-6-15/h1-3,5-6,14,17,19H,4,7-13H2. The van der Waals surface area contributed by atoms with Gasteiger partial charge >= 0.3 is 0 Å². The van der Waals surface area contributed by atoms with Crippen LogP contribution < -0.4 is 10.2 Å². The fraction of sp³-hybridized carbons (Fsp3) is 0.625. The number of nitrogens with zero attached hydrogens (tertiary/aromatic N) is 1. The van der Waals surface area contributed by atoms with E-state index in [1.807, 2.05) is 0 Å². The van der Waals surface area contributed by atoms with Gasteiger partial charge in [0, 0.05) is 43.4 Å². The van der Waals surface area contributed by atoms with E-state index in [0.29, 0.717) is 12.6 Å². The molecule has 3 rings (SSSR count). The number of anilines is 1. The zero-order valence-corrected chi connectivity index (χ0v) is 11.5. The van der Waals surface area contributed by atoms with Crippen LogP contribution in [0, 0.1) is 5.41 Å². The maximum atomic E-state index is 9.49. The maximum Gasteiger partial charge on any atom is 0.0499 e. The minimum Gasteiger partial charge on any atom is -0.396 e.